The molecule has 158 valence electrons. The van der Waals surface area contributed by atoms with Gasteiger partial charge in [-0.15, -0.1) is 0 Å². The zero-order valence-electron chi connectivity index (χ0n) is 17.9. The Morgan fingerprint density at radius 2 is 2.00 bits per heavy atom. The van der Waals surface area contributed by atoms with E-state index in [4.69, 9.17) is 14.2 Å². The van der Waals surface area contributed by atoms with Crippen molar-refractivity contribution in [2.75, 3.05) is 20.3 Å². The molecule has 4 heteroatoms. The second kappa shape index (κ2) is 8.07. The zero-order chi connectivity index (χ0) is 20.7. The highest BCUT2D eigenvalue weighted by atomic mass is 16.6. The van der Waals surface area contributed by atoms with E-state index in [1.54, 1.807) is 0 Å². The second-order valence-electron chi connectivity index (χ2n) is 8.99. The Bertz CT molecular complexity index is 956. The maximum absolute atomic E-state index is 12.8. The van der Waals surface area contributed by atoms with Crippen molar-refractivity contribution in [3.05, 3.63) is 52.6 Å². The van der Waals surface area contributed by atoms with E-state index >= 15 is 0 Å². The lowest BCUT2D eigenvalue weighted by molar-refractivity contribution is -0.155. The predicted octanol–water partition coefficient (Wildman–Crippen LogP) is 5.51. The van der Waals surface area contributed by atoms with Crippen LogP contribution in [0.4, 0.5) is 0 Å². The van der Waals surface area contributed by atoms with E-state index < -0.39 is 6.10 Å². The molecule has 1 atom stereocenters. The maximum Gasteiger partial charge on any atom is 0.339 e. The van der Waals surface area contributed by atoms with E-state index in [1.165, 1.54) is 43.9 Å². The molecule has 1 aliphatic heterocycles. The number of rotatable bonds is 7. The molecule has 2 aromatic rings. The molecule has 0 N–H and O–H groups in total. The first-order valence-electron chi connectivity index (χ1n) is 11.2. The van der Waals surface area contributed by atoms with Crippen LogP contribution < -0.4 is 4.74 Å². The van der Waals surface area contributed by atoms with E-state index in [9.17, 15) is 4.79 Å². The molecule has 0 bridgehead atoms. The molecule has 5 rings (SSSR count). The van der Waals surface area contributed by atoms with Crippen molar-refractivity contribution in [1.29, 1.82) is 0 Å². The highest BCUT2D eigenvalue weighted by Crippen LogP contribution is 2.48. The predicted molar refractivity (Wildman–Crippen MR) is 116 cm³/mol. The summed E-state index contributed by atoms with van der Waals surface area (Å²) in [6.07, 6.45) is 6.17. The van der Waals surface area contributed by atoms with Crippen molar-refractivity contribution in [3.8, 4) is 16.9 Å². The topological polar surface area (TPSA) is 44.8 Å². The number of benzene rings is 2. The van der Waals surface area contributed by atoms with Crippen LogP contribution in [-0.2, 0) is 20.7 Å². The molecule has 1 unspecified atom stereocenters. The van der Waals surface area contributed by atoms with Gasteiger partial charge in [-0.05, 0) is 97.2 Å². The number of carbonyl (C=O) groups is 1. The Hall–Kier alpha value is -2.33. The van der Waals surface area contributed by atoms with Gasteiger partial charge in [-0.1, -0.05) is 18.2 Å². The average molecular weight is 407 g/mol. The number of fused-ring (bicyclic) bond motifs is 1. The molecule has 2 aliphatic carbocycles. The van der Waals surface area contributed by atoms with Crippen LogP contribution in [0.1, 0.15) is 66.4 Å². The first-order chi connectivity index (χ1) is 14.7. The minimum Gasteiger partial charge on any atom is -0.493 e. The van der Waals surface area contributed by atoms with Gasteiger partial charge in [0.1, 0.15) is 5.75 Å². The summed E-state index contributed by atoms with van der Waals surface area (Å²) in [5, 5.41) is 0. The molecule has 2 aromatic carbocycles. The molecule has 30 heavy (non-hydrogen) atoms. The summed E-state index contributed by atoms with van der Waals surface area (Å²) in [6, 6.07) is 10.9. The third-order valence-electron chi connectivity index (χ3n) is 6.58. The summed E-state index contributed by atoms with van der Waals surface area (Å²) in [5.41, 5.74) is 6.96. The fraction of sp³-hybridized carbons (Fsp3) is 0.500. The highest BCUT2D eigenvalue weighted by molar-refractivity contribution is 5.84. The quantitative estimate of drug-likeness (QED) is 0.569. The van der Waals surface area contributed by atoms with Gasteiger partial charge in [-0.2, -0.15) is 0 Å². The van der Waals surface area contributed by atoms with Crippen molar-refractivity contribution < 1.29 is 19.0 Å². The molecule has 0 spiro atoms. The second-order valence-corrected chi connectivity index (χ2v) is 8.99. The van der Waals surface area contributed by atoms with Gasteiger partial charge in [0.05, 0.1) is 20.3 Å². The Balaban J connectivity index is 1.64. The van der Waals surface area contributed by atoms with Gasteiger partial charge < -0.3 is 14.2 Å². The molecular weight excluding hydrogens is 376 g/mol. The lowest BCUT2D eigenvalue weighted by Gasteiger charge is -2.25. The van der Waals surface area contributed by atoms with Crippen molar-refractivity contribution in [1.82, 2.24) is 0 Å². The minimum absolute atomic E-state index is 0.311. The average Bonchev–Trinajstić information content (AvgIpc) is 3.68. The van der Waals surface area contributed by atoms with Crippen LogP contribution in [-0.4, -0.2) is 26.3 Å². The first-order valence-corrected chi connectivity index (χ1v) is 11.2. The molecular formula is C26H30O4. The first kappa shape index (κ1) is 19.6. The number of hydrogen-bond acceptors (Lipinski definition) is 4. The SMILES string of the molecule is COC(=O)C(OCC1CC1)c1c(C)ccc(C2CC2)c1-c1ccc2c(c1)CCCO2. The molecule has 0 saturated heterocycles. The molecule has 4 nitrogen and oxygen atoms in total. The summed E-state index contributed by atoms with van der Waals surface area (Å²) in [7, 11) is 1.45. The Morgan fingerprint density at radius 1 is 1.17 bits per heavy atom. The molecule has 0 radical (unpaired) electrons. The van der Waals surface area contributed by atoms with E-state index in [0.29, 0.717) is 18.4 Å². The third-order valence-corrected chi connectivity index (χ3v) is 6.58. The number of esters is 1. The molecule has 3 aliphatic rings. The number of carbonyl (C=O) groups excluding carboxylic acids is 1. The largest absolute Gasteiger partial charge is 0.493 e. The molecule has 2 saturated carbocycles. The molecule has 2 fully saturated rings. The summed E-state index contributed by atoms with van der Waals surface area (Å²) in [6.45, 7) is 3.48. The monoisotopic (exact) mass is 406 g/mol. The lowest BCUT2D eigenvalue weighted by Crippen LogP contribution is -2.21. The van der Waals surface area contributed by atoms with Gasteiger partial charge in [0.25, 0.3) is 0 Å². The van der Waals surface area contributed by atoms with Crippen molar-refractivity contribution >= 4 is 5.97 Å². The standard InChI is InChI=1S/C26H30O4/c1-16-5-11-21(18-8-9-18)24(20-10-12-22-19(14-20)4-3-13-29-22)23(16)25(26(27)28-2)30-15-17-6-7-17/h5,10-12,14,17-18,25H,3-4,6-9,13,15H2,1-2H3. The van der Waals surface area contributed by atoms with E-state index in [0.717, 1.165) is 47.5 Å². The number of methoxy groups -OCH3 is 1. The number of ether oxygens (including phenoxy) is 3. The smallest absolute Gasteiger partial charge is 0.339 e. The van der Waals surface area contributed by atoms with Crippen LogP contribution in [0.25, 0.3) is 11.1 Å². The number of aryl methyl sites for hydroxylation is 2. The van der Waals surface area contributed by atoms with Crippen molar-refractivity contribution in [2.24, 2.45) is 5.92 Å². The third kappa shape index (κ3) is 3.85. The molecule has 1 heterocycles. The van der Waals surface area contributed by atoms with E-state index in [-0.39, 0.29) is 5.97 Å². The van der Waals surface area contributed by atoms with Crippen LogP contribution >= 0.6 is 0 Å². The summed E-state index contributed by atoms with van der Waals surface area (Å²) in [4.78, 5) is 12.8. The van der Waals surface area contributed by atoms with Crippen LogP contribution in [0.15, 0.2) is 30.3 Å². The van der Waals surface area contributed by atoms with Gasteiger partial charge in [-0.3, -0.25) is 0 Å². The van der Waals surface area contributed by atoms with Crippen LogP contribution in [0.5, 0.6) is 5.75 Å². The normalized spacial score (nSPS) is 19.0. The summed E-state index contributed by atoms with van der Waals surface area (Å²) in [5.74, 6) is 1.82. The summed E-state index contributed by atoms with van der Waals surface area (Å²) < 4.78 is 17.2. The maximum atomic E-state index is 12.8. The van der Waals surface area contributed by atoms with Gasteiger partial charge >= 0.3 is 5.97 Å². The lowest BCUT2D eigenvalue weighted by atomic mass is 9.85. The Labute approximate surface area is 178 Å². The number of hydrogen-bond donors (Lipinski definition) is 0. The Morgan fingerprint density at radius 3 is 2.73 bits per heavy atom. The van der Waals surface area contributed by atoms with E-state index in [2.05, 4.69) is 37.3 Å². The molecule has 0 aromatic heterocycles. The van der Waals surface area contributed by atoms with Gasteiger partial charge in [-0.25, -0.2) is 4.79 Å². The van der Waals surface area contributed by atoms with Crippen LogP contribution in [0.2, 0.25) is 0 Å². The van der Waals surface area contributed by atoms with Crippen LogP contribution in [0.3, 0.4) is 0 Å². The van der Waals surface area contributed by atoms with Crippen LogP contribution in [0, 0.1) is 12.8 Å². The minimum atomic E-state index is -0.684. The van der Waals surface area contributed by atoms with Crippen molar-refractivity contribution in [2.45, 2.75) is 57.5 Å². The fourth-order valence-corrected chi connectivity index (χ4v) is 4.54. The Kier molecular flexibility index (Phi) is 5.28. The van der Waals surface area contributed by atoms with E-state index in [1.807, 2.05) is 0 Å². The van der Waals surface area contributed by atoms with Gasteiger partial charge in [0.2, 0.25) is 0 Å². The van der Waals surface area contributed by atoms with Gasteiger partial charge in [0, 0.05) is 5.56 Å². The van der Waals surface area contributed by atoms with Gasteiger partial charge in [0.15, 0.2) is 6.10 Å². The molecule has 0 amide bonds. The zero-order valence-corrected chi connectivity index (χ0v) is 17.9. The summed E-state index contributed by atoms with van der Waals surface area (Å²) >= 11 is 0. The van der Waals surface area contributed by atoms with Crippen molar-refractivity contribution in [3.63, 3.8) is 0 Å². The highest BCUT2D eigenvalue weighted by Gasteiger charge is 2.35. The fourth-order valence-electron chi connectivity index (χ4n) is 4.54.